The molecule has 84 valence electrons. The maximum Gasteiger partial charge on any atom is 0.195 e. The molecule has 4 heteroatoms. The number of hydrogen-bond donors (Lipinski definition) is 0. The fourth-order valence-electron chi connectivity index (χ4n) is 2.07. The molecule has 0 aromatic carbocycles. The number of rotatable bonds is 4. The summed E-state index contributed by atoms with van der Waals surface area (Å²) >= 11 is 5.64. The van der Waals surface area contributed by atoms with Crippen LogP contribution >= 0.6 is 11.6 Å². The van der Waals surface area contributed by atoms with Crippen LogP contribution < -0.4 is 0 Å². The molecule has 0 bridgehead atoms. The van der Waals surface area contributed by atoms with Crippen LogP contribution in [0.15, 0.2) is 10.6 Å². The van der Waals surface area contributed by atoms with E-state index in [0.29, 0.717) is 24.3 Å². The van der Waals surface area contributed by atoms with Crippen molar-refractivity contribution in [3.63, 3.8) is 0 Å². The van der Waals surface area contributed by atoms with E-state index in [1.807, 2.05) is 6.20 Å². The molecule has 1 aliphatic rings. The second kappa shape index (κ2) is 4.99. The van der Waals surface area contributed by atoms with Crippen LogP contribution in [0.25, 0.3) is 0 Å². The Morgan fingerprint density at radius 3 is 3.20 bits per heavy atom. The van der Waals surface area contributed by atoms with Gasteiger partial charge < -0.3 is 9.15 Å². The van der Waals surface area contributed by atoms with Crippen LogP contribution in [0.1, 0.15) is 37.3 Å². The molecule has 15 heavy (non-hydrogen) atoms. The summed E-state index contributed by atoms with van der Waals surface area (Å²) in [6.45, 7) is 2.97. The minimum Gasteiger partial charge on any atom is -0.445 e. The van der Waals surface area contributed by atoms with E-state index in [9.17, 15) is 0 Å². The number of ether oxygens (including phenoxy) is 1. The van der Waals surface area contributed by atoms with Gasteiger partial charge >= 0.3 is 0 Å². The molecule has 0 saturated carbocycles. The Kier molecular flexibility index (Phi) is 3.65. The van der Waals surface area contributed by atoms with E-state index >= 15 is 0 Å². The monoisotopic (exact) mass is 229 g/mol. The van der Waals surface area contributed by atoms with Crippen LogP contribution in [0.2, 0.25) is 0 Å². The summed E-state index contributed by atoms with van der Waals surface area (Å²) in [6, 6.07) is 0. The lowest BCUT2D eigenvalue weighted by Crippen LogP contribution is -2.12. The summed E-state index contributed by atoms with van der Waals surface area (Å²) in [5.74, 6) is 2.63. The third-order valence-electron chi connectivity index (χ3n) is 2.86. The highest BCUT2D eigenvalue weighted by atomic mass is 35.5. The Hall–Kier alpha value is -0.540. The van der Waals surface area contributed by atoms with Crippen LogP contribution in [0.4, 0.5) is 0 Å². The summed E-state index contributed by atoms with van der Waals surface area (Å²) in [7, 11) is 0. The van der Waals surface area contributed by atoms with Gasteiger partial charge in [-0.2, -0.15) is 0 Å². The van der Waals surface area contributed by atoms with Crippen molar-refractivity contribution in [3.8, 4) is 0 Å². The van der Waals surface area contributed by atoms with E-state index in [4.69, 9.17) is 20.8 Å². The number of nitrogens with zero attached hydrogens (tertiary/aromatic N) is 1. The molecule has 1 fully saturated rings. The molecule has 0 aliphatic carbocycles. The zero-order valence-electron chi connectivity index (χ0n) is 8.91. The molecular formula is C11H16ClNO2. The average Bonchev–Trinajstić information content (AvgIpc) is 2.84. The Labute approximate surface area is 94.8 Å². The van der Waals surface area contributed by atoms with Crippen molar-refractivity contribution in [2.45, 2.75) is 38.2 Å². The van der Waals surface area contributed by atoms with Crippen LogP contribution in [-0.2, 0) is 11.2 Å². The SMILES string of the molecule is CCC1OCCC1c1cnc(CCCl)o1. The highest BCUT2D eigenvalue weighted by molar-refractivity contribution is 6.17. The van der Waals surface area contributed by atoms with Gasteiger partial charge in [0.2, 0.25) is 0 Å². The number of halogens is 1. The Morgan fingerprint density at radius 2 is 2.47 bits per heavy atom. The standard InChI is InChI=1S/C11H16ClNO2/c1-2-9-8(4-6-14-9)10-7-13-11(15-10)3-5-12/h7-9H,2-6H2,1H3. The maximum atomic E-state index is 5.66. The Morgan fingerprint density at radius 1 is 1.60 bits per heavy atom. The van der Waals surface area contributed by atoms with Gasteiger partial charge in [-0.1, -0.05) is 6.92 Å². The zero-order chi connectivity index (χ0) is 10.7. The molecule has 2 heterocycles. The first-order valence-electron chi connectivity index (χ1n) is 5.47. The van der Waals surface area contributed by atoms with Gasteiger partial charge in [-0.3, -0.25) is 0 Å². The molecule has 1 aromatic heterocycles. The molecule has 2 atom stereocenters. The lowest BCUT2D eigenvalue weighted by atomic mass is 9.97. The first kappa shape index (κ1) is 11.0. The summed E-state index contributed by atoms with van der Waals surface area (Å²) < 4.78 is 11.3. The third kappa shape index (κ3) is 2.34. The van der Waals surface area contributed by atoms with Crippen molar-refractivity contribution in [3.05, 3.63) is 17.8 Å². The van der Waals surface area contributed by atoms with Gasteiger partial charge in [-0.05, 0) is 12.8 Å². The lowest BCUT2D eigenvalue weighted by Gasteiger charge is -2.13. The number of alkyl halides is 1. The number of aromatic nitrogens is 1. The summed E-state index contributed by atoms with van der Waals surface area (Å²) in [4.78, 5) is 4.21. The van der Waals surface area contributed by atoms with Crippen molar-refractivity contribution in [1.29, 1.82) is 0 Å². The molecular weight excluding hydrogens is 214 g/mol. The van der Waals surface area contributed by atoms with E-state index in [0.717, 1.165) is 31.1 Å². The number of aryl methyl sites for hydroxylation is 1. The number of hydrogen-bond acceptors (Lipinski definition) is 3. The molecule has 2 unspecified atom stereocenters. The number of oxazole rings is 1. The molecule has 0 radical (unpaired) electrons. The van der Waals surface area contributed by atoms with Crippen LogP contribution in [0.5, 0.6) is 0 Å². The molecule has 0 N–H and O–H groups in total. The predicted octanol–water partition coefficient (Wildman–Crippen LogP) is 2.74. The van der Waals surface area contributed by atoms with Crippen molar-refractivity contribution < 1.29 is 9.15 Å². The fraction of sp³-hybridized carbons (Fsp3) is 0.727. The maximum absolute atomic E-state index is 5.66. The highest BCUT2D eigenvalue weighted by Gasteiger charge is 2.30. The van der Waals surface area contributed by atoms with Gasteiger partial charge in [-0.25, -0.2) is 4.98 Å². The van der Waals surface area contributed by atoms with E-state index in [1.54, 1.807) is 0 Å². The normalized spacial score (nSPS) is 26.0. The first-order chi connectivity index (χ1) is 7.35. The molecule has 0 amide bonds. The minimum absolute atomic E-state index is 0.293. The topological polar surface area (TPSA) is 35.3 Å². The second-order valence-corrected chi connectivity index (χ2v) is 4.19. The average molecular weight is 230 g/mol. The van der Waals surface area contributed by atoms with E-state index in [1.165, 1.54) is 0 Å². The minimum atomic E-state index is 0.293. The lowest BCUT2D eigenvalue weighted by molar-refractivity contribution is 0.0971. The van der Waals surface area contributed by atoms with Gasteiger partial charge in [0, 0.05) is 24.8 Å². The summed E-state index contributed by atoms with van der Waals surface area (Å²) in [5.41, 5.74) is 0. The summed E-state index contributed by atoms with van der Waals surface area (Å²) in [5, 5.41) is 0. The molecule has 1 aliphatic heterocycles. The van der Waals surface area contributed by atoms with E-state index in [2.05, 4.69) is 11.9 Å². The van der Waals surface area contributed by atoms with Crippen LogP contribution in [-0.4, -0.2) is 23.6 Å². The zero-order valence-corrected chi connectivity index (χ0v) is 9.67. The van der Waals surface area contributed by atoms with Gasteiger partial charge in [0.25, 0.3) is 0 Å². The second-order valence-electron chi connectivity index (χ2n) is 3.81. The Balaban J connectivity index is 2.07. The van der Waals surface area contributed by atoms with Crippen molar-refractivity contribution in [2.75, 3.05) is 12.5 Å². The Bertz CT molecular complexity index is 313. The largest absolute Gasteiger partial charge is 0.445 e. The van der Waals surface area contributed by atoms with Crippen LogP contribution in [0, 0.1) is 0 Å². The van der Waals surface area contributed by atoms with Crippen molar-refractivity contribution >= 4 is 11.6 Å². The molecule has 0 spiro atoms. The molecule has 1 saturated heterocycles. The fourth-order valence-corrected chi connectivity index (χ4v) is 2.23. The molecule has 3 nitrogen and oxygen atoms in total. The quantitative estimate of drug-likeness (QED) is 0.745. The smallest absolute Gasteiger partial charge is 0.195 e. The highest BCUT2D eigenvalue weighted by Crippen LogP contribution is 2.33. The van der Waals surface area contributed by atoms with Gasteiger partial charge in [0.15, 0.2) is 5.89 Å². The van der Waals surface area contributed by atoms with Gasteiger partial charge in [0.05, 0.1) is 12.3 Å². The predicted molar refractivity (Wildman–Crippen MR) is 58.3 cm³/mol. The van der Waals surface area contributed by atoms with Gasteiger partial charge in [-0.15, -0.1) is 11.6 Å². The van der Waals surface area contributed by atoms with E-state index in [-0.39, 0.29) is 0 Å². The van der Waals surface area contributed by atoms with Crippen LogP contribution in [0.3, 0.4) is 0 Å². The summed E-state index contributed by atoms with van der Waals surface area (Å²) in [6.07, 6.45) is 4.88. The molecule has 2 rings (SSSR count). The van der Waals surface area contributed by atoms with Crippen molar-refractivity contribution in [2.24, 2.45) is 0 Å². The van der Waals surface area contributed by atoms with Crippen molar-refractivity contribution in [1.82, 2.24) is 4.98 Å². The first-order valence-corrected chi connectivity index (χ1v) is 6.00. The molecule has 1 aromatic rings. The van der Waals surface area contributed by atoms with Gasteiger partial charge in [0.1, 0.15) is 5.76 Å². The third-order valence-corrected chi connectivity index (χ3v) is 3.05. The van der Waals surface area contributed by atoms with E-state index < -0.39 is 0 Å².